The zero-order chi connectivity index (χ0) is 24.5. The lowest BCUT2D eigenvalue weighted by atomic mass is 10.0. The summed E-state index contributed by atoms with van der Waals surface area (Å²) in [6.45, 7) is 12.1. The molecule has 0 aliphatic heterocycles. The van der Waals surface area contributed by atoms with Gasteiger partial charge in [-0.1, -0.05) is 149 Å². The number of unbranched alkanes of at least 4 members (excludes halogenated alkanes) is 20. The van der Waals surface area contributed by atoms with Crippen LogP contribution in [0.5, 0.6) is 0 Å². The van der Waals surface area contributed by atoms with Crippen molar-refractivity contribution in [2.24, 2.45) is 0 Å². The summed E-state index contributed by atoms with van der Waals surface area (Å²) in [5, 5.41) is 0. The van der Waals surface area contributed by atoms with E-state index in [1.807, 2.05) is 0 Å². The Morgan fingerprint density at radius 3 is 1.21 bits per heavy atom. The molecule has 1 atom stereocenters. The highest BCUT2D eigenvalue weighted by atomic mass is 28.4. The van der Waals surface area contributed by atoms with Crippen LogP contribution in [-0.4, -0.2) is 21.3 Å². The highest BCUT2D eigenvalue weighted by Crippen LogP contribution is 2.17. The molecule has 0 aromatic rings. The lowest BCUT2D eigenvalue weighted by Gasteiger charge is -2.27. The van der Waals surface area contributed by atoms with E-state index in [-0.39, 0.29) is 0 Å². The van der Waals surface area contributed by atoms with E-state index in [4.69, 9.17) is 8.85 Å². The maximum absolute atomic E-state index is 6.31. The van der Waals surface area contributed by atoms with Crippen molar-refractivity contribution >= 4 is 8.56 Å². The fraction of sp³-hybridized carbons (Fsp3) is 1.00. The van der Waals surface area contributed by atoms with Gasteiger partial charge in [0.15, 0.2) is 0 Å². The molecule has 0 fully saturated rings. The lowest BCUT2D eigenvalue weighted by molar-refractivity contribution is 0.122. The monoisotopic (exact) mass is 484 g/mol. The van der Waals surface area contributed by atoms with Crippen LogP contribution in [0.2, 0.25) is 13.1 Å². The molecule has 3 heteroatoms. The van der Waals surface area contributed by atoms with Gasteiger partial charge in [-0.15, -0.1) is 0 Å². The Balaban J connectivity index is 3.37. The van der Waals surface area contributed by atoms with Gasteiger partial charge in [-0.2, -0.15) is 0 Å². The Hall–Kier alpha value is 0.137. The molecule has 0 rings (SSSR count). The largest absolute Gasteiger partial charge is 0.395 e. The van der Waals surface area contributed by atoms with E-state index < -0.39 is 8.56 Å². The maximum atomic E-state index is 6.31. The molecule has 0 saturated heterocycles. The number of hydrogen-bond acceptors (Lipinski definition) is 2. The predicted octanol–water partition coefficient (Wildman–Crippen LogP) is 11.1. The average molecular weight is 485 g/mol. The summed E-state index contributed by atoms with van der Waals surface area (Å²) in [6.07, 6.45) is 32.3. The van der Waals surface area contributed by atoms with Crippen molar-refractivity contribution in [2.75, 3.05) is 6.61 Å². The summed E-state index contributed by atoms with van der Waals surface area (Å²) in [6, 6.07) is 0. The van der Waals surface area contributed by atoms with Crippen LogP contribution in [0.4, 0.5) is 0 Å². The summed E-state index contributed by atoms with van der Waals surface area (Å²) in [7, 11) is -1.96. The highest BCUT2D eigenvalue weighted by molar-refractivity contribution is 6.64. The summed E-state index contributed by atoms with van der Waals surface area (Å²) in [5.41, 5.74) is 0. The van der Waals surface area contributed by atoms with Crippen LogP contribution in [0.1, 0.15) is 168 Å². The Morgan fingerprint density at radius 1 is 0.485 bits per heavy atom. The van der Waals surface area contributed by atoms with Gasteiger partial charge in [0.05, 0.1) is 0 Å². The van der Waals surface area contributed by atoms with Crippen molar-refractivity contribution in [3.8, 4) is 0 Å². The lowest BCUT2D eigenvalue weighted by Crippen LogP contribution is -2.38. The van der Waals surface area contributed by atoms with Crippen LogP contribution in [0.15, 0.2) is 0 Å². The first-order chi connectivity index (χ1) is 16.0. The standard InChI is InChI=1S/C30H64O2Si/c1-6-8-10-12-14-15-16-17-18-19-20-21-22-23-25-27-29-31-33(4,5)32-30(3)28-26-24-13-11-9-7-2/h30H,6-29H2,1-5H3. The van der Waals surface area contributed by atoms with Gasteiger partial charge in [0.25, 0.3) is 0 Å². The van der Waals surface area contributed by atoms with Gasteiger partial charge in [0.2, 0.25) is 0 Å². The Bertz CT molecular complexity index is 372. The molecular formula is C30H64O2Si. The van der Waals surface area contributed by atoms with Gasteiger partial charge >= 0.3 is 8.56 Å². The second kappa shape index (κ2) is 25.2. The fourth-order valence-electron chi connectivity index (χ4n) is 4.76. The van der Waals surface area contributed by atoms with Crippen LogP contribution in [0, 0.1) is 0 Å². The summed E-state index contributed by atoms with van der Waals surface area (Å²) < 4.78 is 12.5. The van der Waals surface area contributed by atoms with Gasteiger partial charge in [-0.25, -0.2) is 0 Å². The van der Waals surface area contributed by atoms with Crippen molar-refractivity contribution in [3.63, 3.8) is 0 Å². The number of hydrogen-bond donors (Lipinski definition) is 0. The molecule has 0 amide bonds. The van der Waals surface area contributed by atoms with Gasteiger partial charge in [0, 0.05) is 12.7 Å². The van der Waals surface area contributed by atoms with Crippen LogP contribution in [0.25, 0.3) is 0 Å². The van der Waals surface area contributed by atoms with E-state index in [1.165, 1.54) is 148 Å². The topological polar surface area (TPSA) is 18.5 Å². The highest BCUT2D eigenvalue weighted by Gasteiger charge is 2.26. The molecule has 33 heavy (non-hydrogen) atoms. The van der Waals surface area contributed by atoms with Gasteiger partial charge in [0.1, 0.15) is 0 Å². The minimum absolute atomic E-state index is 0.351. The maximum Gasteiger partial charge on any atom is 0.331 e. The van der Waals surface area contributed by atoms with E-state index in [2.05, 4.69) is 33.9 Å². The van der Waals surface area contributed by atoms with Crippen molar-refractivity contribution in [1.29, 1.82) is 0 Å². The SMILES string of the molecule is CCCCCCCCCCCCCCCCCCO[Si](C)(C)OC(C)CCCCCCCC. The molecule has 0 heterocycles. The van der Waals surface area contributed by atoms with Gasteiger partial charge < -0.3 is 8.85 Å². The fourth-order valence-corrected chi connectivity index (χ4v) is 6.55. The third-order valence-electron chi connectivity index (χ3n) is 6.90. The molecule has 0 radical (unpaired) electrons. The first-order valence-electron chi connectivity index (χ1n) is 15.3. The smallest absolute Gasteiger partial charge is 0.331 e. The predicted molar refractivity (Wildman–Crippen MR) is 152 cm³/mol. The van der Waals surface area contributed by atoms with Crippen LogP contribution in [-0.2, 0) is 8.85 Å². The second-order valence-electron chi connectivity index (χ2n) is 11.0. The van der Waals surface area contributed by atoms with Crippen molar-refractivity contribution < 1.29 is 8.85 Å². The van der Waals surface area contributed by atoms with Gasteiger partial charge in [-0.05, 0) is 32.9 Å². The van der Waals surface area contributed by atoms with Crippen LogP contribution in [0.3, 0.4) is 0 Å². The van der Waals surface area contributed by atoms with E-state index >= 15 is 0 Å². The zero-order valence-corrected chi connectivity index (χ0v) is 24.9. The molecule has 0 aromatic carbocycles. The summed E-state index contributed by atoms with van der Waals surface area (Å²) >= 11 is 0. The molecule has 1 unspecified atom stereocenters. The van der Waals surface area contributed by atoms with Crippen LogP contribution < -0.4 is 0 Å². The zero-order valence-electron chi connectivity index (χ0n) is 23.9. The molecule has 0 N–H and O–H groups in total. The molecule has 0 aliphatic carbocycles. The van der Waals surface area contributed by atoms with Gasteiger partial charge in [-0.3, -0.25) is 0 Å². The molecular weight excluding hydrogens is 420 g/mol. The Labute approximate surface area is 211 Å². The first-order valence-corrected chi connectivity index (χ1v) is 18.1. The summed E-state index contributed by atoms with van der Waals surface area (Å²) in [4.78, 5) is 0. The van der Waals surface area contributed by atoms with Crippen molar-refractivity contribution in [2.45, 2.75) is 188 Å². The second-order valence-corrected chi connectivity index (χ2v) is 14.4. The van der Waals surface area contributed by atoms with Crippen molar-refractivity contribution in [3.05, 3.63) is 0 Å². The normalized spacial score (nSPS) is 13.0. The molecule has 0 bridgehead atoms. The summed E-state index contributed by atoms with van der Waals surface area (Å²) in [5.74, 6) is 0. The minimum atomic E-state index is -1.96. The minimum Gasteiger partial charge on any atom is -0.395 e. The molecule has 2 nitrogen and oxygen atoms in total. The molecule has 200 valence electrons. The van der Waals surface area contributed by atoms with E-state index in [1.54, 1.807) is 0 Å². The van der Waals surface area contributed by atoms with E-state index in [0.29, 0.717) is 6.10 Å². The first kappa shape index (κ1) is 33.1. The third kappa shape index (κ3) is 26.6. The van der Waals surface area contributed by atoms with E-state index in [0.717, 1.165) is 6.61 Å². The average Bonchev–Trinajstić information content (AvgIpc) is 2.78. The Kier molecular flexibility index (Phi) is 25.3. The van der Waals surface area contributed by atoms with E-state index in [9.17, 15) is 0 Å². The number of rotatable bonds is 27. The molecule has 0 saturated carbocycles. The quantitative estimate of drug-likeness (QED) is 0.0852. The molecule has 0 aromatic heterocycles. The Morgan fingerprint density at radius 2 is 0.818 bits per heavy atom. The van der Waals surface area contributed by atoms with Crippen molar-refractivity contribution in [1.82, 2.24) is 0 Å². The van der Waals surface area contributed by atoms with Crippen LogP contribution >= 0.6 is 0 Å². The third-order valence-corrected chi connectivity index (χ3v) is 8.77. The molecule has 0 aliphatic rings. The molecule has 0 spiro atoms.